The van der Waals surface area contributed by atoms with Crippen LogP contribution in [0.5, 0.6) is 11.5 Å². The van der Waals surface area contributed by atoms with Crippen LogP contribution >= 0.6 is 11.8 Å². The molecule has 0 aliphatic carbocycles. The molecule has 0 fully saturated rings. The van der Waals surface area contributed by atoms with Crippen LogP contribution in [0.15, 0.2) is 32.9 Å². The smallest absolute Gasteiger partial charge is 0.332 e. The van der Waals surface area contributed by atoms with Gasteiger partial charge in [0.1, 0.15) is 11.5 Å². The molecule has 0 spiro atoms. The fraction of sp³-hybridized carbons (Fsp3) is 0.368. The van der Waals surface area contributed by atoms with E-state index in [1.807, 2.05) is 6.92 Å². The summed E-state index contributed by atoms with van der Waals surface area (Å²) < 4.78 is 14.5. The number of aryl methyl sites for hydroxylation is 2. The standard InChI is InChI=1S/C19H23N5O5S/c1-6-24-15-16(22(2)19(27)23(3)17(15)26)21-18(24)30-10-14(25)20-11-7-12(28-4)9-13(8-11)29-5/h7-9H,6,10H2,1-5H3,(H,20,25). The number of hydrogen-bond donors (Lipinski definition) is 1. The monoisotopic (exact) mass is 433 g/mol. The molecule has 3 aromatic rings. The summed E-state index contributed by atoms with van der Waals surface area (Å²) in [5.41, 5.74) is 0.307. The zero-order valence-electron chi connectivity index (χ0n) is 17.4. The maximum atomic E-state index is 12.6. The van der Waals surface area contributed by atoms with E-state index < -0.39 is 11.2 Å². The third-order valence-electron chi connectivity index (χ3n) is 4.60. The fourth-order valence-corrected chi connectivity index (χ4v) is 3.90. The lowest BCUT2D eigenvalue weighted by Gasteiger charge is -2.10. The second kappa shape index (κ2) is 8.66. The van der Waals surface area contributed by atoms with Crippen molar-refractivity contribution in [2.75, 3.05) is 25.3 Å². The van der Waals surface area contributed by atoms with E-state index in [4.69, 9.17) is 9.47 Å². The molecule has 0 atom stereocenters. The highest BCUT2D eigenvalue weighted by Crippen LogP contribution is 2.26. The van der Waals surface area contributed by atoms with Crippen molar-refractivity contribution in [3.05, 3.63) is 39.0 Å². The average molecular weight is 433 g/mol. The van der Waals surface area contributed by atoms with E-state index >= 15 is 0 Å². The van der Waals surface area contributed by atoms with Crippen molar-refractivity contribution in [3.8, 4) is 11.5 Å². The van der Waals surface area contributed by atoms with E-state index in [1.54, 1.807) is 29.8 Å². The number of rotatable bonds is 7. The second-order valence-corrected chi connectivity index (χ2v) is 7.40. The minimum absolute atomic E-state index is 0.0666. The number of carbonyl (C=O) groups is 1. The number of carbonyl (C=O) groups excluding carboxylic acids is 1. The predicted molar refractivity (Wildman–Crippen MR) is 115 cm³/mol. The molecule has 1 aromatic carbocycles. The lowest BCUT2D eigenvalue weighted by Crippen LogP contribution is -2.37. The van der Waals surface area contributed by atoms with Gasteiger partial charge in [-0.1, -0.05) is 11.8 Å². The maximum Gasteiger partial charge on any atom is 0.332 e. The summed E-state index contributed by atoms with van der Waals surface area (Å²) in [7, 11) is 6.06. The number of ether oxygens (including phenoxy) is 2. The highest BCUT2D eigenvalue weighted by atomic mass is 32.2. The normalized spacial score (nSPS) is 11.0. The van der Waals surface area contributed by atoms with Gasteiger partial charge in [-0.3, -0.25) is 18.7 Å². The molecule has 10 nitrogen and oxygen atoms in total. The number of imidazole rings is 1. The van der Waals surface area contributed by atoms with Crippen LogP contribution in [0, 0.1) is 0 Å². The van der Waals surface area contributed by atoms with Crippen LogP contribution < -0.4 is 26.0 Å². The lowest BCUT2D eigenvalue weighted by atomic mass is 10.2. The Kier molecular flexibility index (Phi) is 6.20. The first kappa shape index (κ1) is 21.5. The minimum Gasteiger partial charge on any atom is -0.497 e. The molecule has 0 aliphatic rings. The quantitative estimate of drug-likeness (QED) is 0.558. The number of fused-ring (bicyclic) bond motifs is 1. The molecule has 0 radical (unpaired) electrons. The highest BCUT2D eigenvalue weighted by Gasteiger charge is 2.19. The van der Waals surface area contributed by atoms with E-state index in [0.717, 1.165) is 4.57 Å². The molecule has 30 heavy (non-hydrogen) atoms. The van der Waals surface area contributed by atoms with Crippen LogP contribution in [0.25, 0.3) is 11.2 Å². The van der Waals surface area contributed by atoms with Gasteiger partial charge >= 0.3 is 5.69 Å². The van der Waals surface area contributed by atoms with Gasteiger partial charge in [0.2, 0.25) is 5.91 Å². The number of aromatic nitrogens is 4. The zero-order valence-corrected chi connectivity index (χ0v) is 18.2. The van der Waals surface area contributed by atoms with E-state index in [0.29, 0.717) is 40.1 Å². The van der Waals surface area contributed by atoms with Crippen molar-refractivity contribution >= 4 is 34.5 Å². The third-order valence-corrected chi connectivity index (χ3v) is 5.57. The van der Waals surface area contributed by atoms with E-state index in [-0.39, 0.29) is 11.7 Å². The lowest BCUT2D eigenvalue weighted by molar-refractivity contribution is -0.113. The summed E-state index contributed by atoms with van der Waals surface area (Å²) in [6.07, 6.45) is 0. The number of amides is 1. The summed E-state index contributed by atoms with van der Waals surface area (Å²) in [5, 5.41) is 3.29. The van der Waals surface area contributed by atoms with Crippen molar-refractivity contribution < 1.29 is 14.3 Å². The summed E-state index contributed by atoms with van der Waals surface area (Å²) >= 11 is 1.19. The second-order valence-electron chi connectivity index (χ2n) is 6.45. The molecule has 2 heterocycles. The number of anilines is 1. The molecular formula is C19H23N5O5S. The Morgan fingerprint density at radius 2 is 1.73 bits per heavy atom. The number of thioether (sulfide) groups is 1. The Balaban J connectivity index is 1.85. The summed E-state index contributed by atoms with van der Waals surface area (Å²) in [6, 6.07) is 5.08. The predicted octanol–water partition coefficient (Wildman–Crippen LogP) is 1.20. The van der Waals surface area contributed by atoms with Gasteiger partial charge in [-0.15, -0.1) is 0 Å². The molecule has 2 aromatic heterocycles. The molecule has 1 N–H and O–H groups in total. The first-order chi connectivity index (χ1) is 14.3. The first-order valence-corrected chi connectivity index (χ1v) is 10.1. The van der Waals surface area contributed by atoms with Crippen LogP contribution in [0.3, 0.4) is 0 Å². The van der Waals surface area contributed by atoms with Crippen LogP contribution in [0.2, 0.25) is 0 Å². The van der Waals surface area contributed by atoms with Crippen molar-refractivity contribution in [1.82, 2.24) is 18.7 Å². The summed E-state index contributed by atoms with van der Waals surface area (Å²) in [4.78, 5) is 41.6. The van der Waals surface area contributed by atoms with Crippen molar-refractivity contribution in [1.29, 1.82) is 0 Å². The van der Waals surface area contributed by atoms with Gasteiger partial charge in [0.15, 0.2) is 16.3 Å². The van der Waals surface area contributed by atoms with Crippen LogP contribution in [0.4, 0.5) is 5.69 Å². The minimum atomic E-state index is -0.450. The zero-order chi connectivity index (χ0) is 22.0. The van der Waals surface area contributed by atoms with Gasteiger partial charge in [0.05, 0.1) is 20.0 Å². The third kappa shape index (κ3) is 3.92. The van der Waals surface area contributed by atoms with E-state index in [2.05, 4.69) is 10.3 Å². The van der Waals surface area contributed by atoms with Gasteiger partial charge in [0, 0.05) is 44.5 Å². The molecule has 0 saturated heterocycles. The Morgan fingerprint density at radius 1 is 1.10 bits per heavy atom. The van der Waals surface area contributed by atoms with Gasteiger partial charge in [-0.25, -0.2) is 9.78 Å². The van der Waals surface area contributed by atoms with Crippen LogP contribution in [-0.2, 0) is 25.4 Å². The topological polar surface area (TPSA) is 109 Å². The van der Waals surface area contributed by atoms with Gasteiger partial charge in [0.25, 0.3) is 5.56 Å². The SMILES string of the molecule is CCn1c(SCC(=O)Nc2cc(OC)cc(OC)c2)nc2c1c(=O)n(C)c(=O)n2C. The number of nitrogens with zero attached hydrogens (tertiary/aromatic N) is 4. The Morgan fingerprint density at radius 3 is 2.30 bits per heavy atom. The van der Waals surface area contributed by atoms with Crippen molar-refractivity contribution in [2.45, 2.75) is 18.6 Å². The van der Waals surface area contributed by atoms with Gasteiger partial charge in [-0.2, -0.15) is 0 Å². The molecule has 0 aliphatic heterocycles. The molecule has 1 amide bonds. The first-order valence-electron chi connectivity index (χ1n) is 9.12. The van der Waals surface area contributed by atoms with Crippen LogP contribution in [0.1, 0.15) is 6.92 Å². The molecule has 160 valence electrons. The van der Waals surface area contributed by atoms with E-state index in [1.165, 1.54) is 37.6 Å². The molecular weight excluding hydrogens is 410 g/mol. The Hall–Kier alpha value is -3.21. The van der Waals surface area contributed by atoms with Crippen LogP contribution in [-0.4, -0.2) is 44.6 Å². The molecule has 11 heteroatoms. The largest absolute Gasteiger partial charge is 0.497 e. The van der Waals surface area contributed by atoms with Gasteiger partial charge in [-0.05, 0) is 6.92 Å². The summed E-state index contributed by atoms with van der Waals surface area (Å²) in [6.45, 7) is 2.35. The van der Waals surface area contributed by atoms with Crippen molar-refractivity contribution in [3.63, 3.8) is 0 Å². The number of methoxy groups -OCH3 is 2. The molecule has 0 bridgehead atoms. The molecule has 0 unspecified atom stereocenters. The maximum absolute atomic E-state index is 12.6. The van der Waals surface area contributed by atoms with E-state index in [9.17, 15) is 14.4 Å². The number of hydrogen-bond acceptors (Lipinski definition) is 7. The highest BCUT2D eigenvalue weighted by molar-refractivity contribution is 7.99. The summed E-state index contributed by atoms with van der Waals surface area (Å²) in [5.74, 6) is 0.924. The number of nitrogens with one attached hydrogen (secondary N) is 1. The fourth-order valence-electron chi connectivity index (χ4n) is 3.04. The van der Waals surface area contributed by atoms with Gasteiger partial charge < -0.3 is 19.4 Å². The number of benzene rings is 1. The molecule has 3 rings (SSSR count). The Bertz CT molecular complexity index is 1200. The Labute approximate surface area is 176 Å². The average Bonchev–Trinajstić information content (AvgIpc) is 3.13. The molecule has 0 saturated carbocycles. The van der Waals surface area contributed by atoms with Crippen molar-refractivity contribution in [2.24, 2.45) is 14.1 Å².